The van der Waals surface area contributed by atoms with Crippen molar-refractivity contribution in [2.75, 3.05) is 32.7 Å². The minimum atomic E-state index is -0.0448. The number of phenolic OH excluding ortho intramolecular Hbond substituents is 1. The van der Waals surface area contributed by atoms with Crippen LogP contribution in [0.4, 0.5) is 0 Å². The lowest BCUT2D eigenvalue weighted by Crippen LogP contribution is -2.68. The van der Waals surface area contributed by atoms with Crippen molar-refractivity contribution in [1.82, 2.24) is 20.2 Å². The van der Waals surface area contributed by atoms with Gasteiger partial charge in [-0.1, -0.05) is 36.8 Å². The minimum absolute atomic E-state index is 0.0448. The van der Waals surface area contributed by atoms with E-state index in [1.54, 1.807) is 6.07 Å². The van der Waals surface area contributed by atoms with Gasteiger partial charge in [0, 0.05) is 50.4 Å². The maximum absolute atomic E-state index is 12.7. The average molecular weight is 447 g/mol. The molecule has 1 amide bonds. The maximum atomic E-state index is 12.7. The smallest absolute Gasteiger partial charge is 0.265 e. The van der Waals surface area contributed by atoms with Crippen LogP contribution in [0.15, 0.2) is 61.2 Å². The van der Waals surface area contributed by atoms with Crippen molar-refractivity contribution in [3.8, 4) is 5.75 Å². The van der Waals surface area contributed by atoms with Crippen LogP contribution in [-0.4, -0.2) is 70.6 Å². The number of hydrogen-bond donors (Lipinski definition) is 2. The molecule has 2 bridgehead atoms. The van der Waals surface area contributed by atoms with E-state index >= 15 is 0 Å². The summed E-state index contributed by atoms with van der Waals surface area (Å²) in [6.45, 7) is 8.67. The highest BCUT2D eigenvalue weighted by atomic mass is 16.3. The molecule has 2 aromatic rings. The summed E-state index contributed by atoms with van der Waals surface area (Å²) in [5.41, 5.74) is 5.96. The number of amides is 1. The van der Waals surface area contributed by atoms with E-state index in [1.165, 1.54) is 12.8 Å². The summed E-state index contributed by atoms with van der Waals surface area (Å²) >= 11 is 0. The van der Waals surface area contributed by atoms with Crippen molar-refractivity contribution in [3.63, 3.8) is 0 Å². The normalized spacial score (nSPS) is 24.6. The number of nitrogens with zero attached hydrogens (tertiary/aromatic N) is 3. The zero-order valence-electron chi connectivity index (χ0n) is 19.2. The SMILES string of the molecule is C=CCN1C2CC1CN(C(c1ccc(C(=O)NN3CCCCC3)cc1)c1cccc(O)c1)C2. The quantitative estimate of drug-likeness (QED) is 0.637. The molecule has 0 spiro atoms. The van der Waals surface area contributed by atoms with Gasteiger partial charge >= 0.3 is 0 Å². The zero-order valence-corrected chi connectivity index (χ0v) is 19.2. The first-order valence-electron chi connectivity index (χ1n) is 12.2. The molecule has 6 nitrogen and oxygen atoms in total. The lowest BCUT2D eigenvalue weighted by Gasteiger charge is -2.57. The molecular weight excluding hydrogens is 412 g/mol. The number of rotatable bonds is 7. The van der Waals surface area contributed by atoms with Gasteiger partial charge in [0.05, 0.1) is 6.04 Å². The molecular formula is C27H34N4O2. The van der Waals surface area contributed by atoms with Crippen LogP contribution in [0.5, 0.6) is 5.75 Å². The third-order valence-corrected chi connectivity index (χ3v) is 7.37. The minimum Gasteiger partial charge on any atom is -0.508 e. The average Bonchev–Trinajstić information content (AvgIpc) is 2.84. The number of aromatic hydroxyl groups is 1. The topological polar surface area (TPSA) is 59.0 Å². The lowest BCUT2D eigenvalue weighted by molar-refractivity contribution is -0.0706. The monoisotopic (exact) mass is 446 g/mol. The maximum Gasteiger partial charge on any atom is 0.265 e. The van der Waals surface area contributed by atoms with Crippen LogP contribution in [0.1, 0.15) is 53.2 Å². The fourth-order valence-electron chi connectivity index (χ4n) is 5.72. The molecule has 2 N–H and O–H groups in total. The molecule has 4 aliphatic rings. The van der Waals surface area contributed by atoms with Crippen molar-refractivity contribution >= 4 is 5.91 Å². The number of piperazine rings is 1. The molecule has 4 heterocycles. The Hall–Kier alpha value is -2.67. The number of benzene rings is 2. The molecule has 6 heteroatoms. The van der Waals surface area contributed by atoms with Gasteiger partial charge in [0.1, 0.15) is 5.75 Å². The van der Waals surface area contributed by atoms with E-state index in [0.717, 1.165) is 56.7 Å². The van der Waals surface area contributed by atoms with Gasteiger partial charge < -0.3 is 5.11 Å². The Balaban J connectivity index is 1.35. The number of carbonyl (C=O) groups excluding carboxylic acids is 1. The number of fused-ring (bicyclic) bond motifs is 2. The second-order valence-corrected chi connectivity index (χ2v) is 9.59. The van der Waals surface area contributed by atoms with Gasteiger partial charge in [-0.25, -0.2) is 5.01 Å². The third kappa shape index (κ3) is 4.69. The van der Waals surface area contributed by atoms with E-state index in [1.807, 2.05) is 35.4 Å². The highest BCUT2D eigenvalue weighted by molar-refractivity contribution is 5.93. The van der Waals surface area contributed by atoms with Crippen molar-refractivity contribution in [2.24, 2.45) is 0 Å². The Morgan fingerprint density at radius 3 is 2.45 bits per heavy atom. The van der Waals surface area contributed by atoms with Crippen LogP contribution < -0.4 is 5.43 Å². The number of phenols is 1. The Morgan fingerprint density at radius 1 is 1.06 bits per heavy atom. The highest BCUT2D eigenvalue weighted by Crippen LogP contribution is 2.39. The summed E-state index contributed by atoms with van der Waals surface area (Å²) in [4.78, 5) is 17.8. The summed E-state index contributed by atoms with van der Waals surface area (Å²) < 4.78 is 0. The molecule has 3 unspecified atom stereocenters. The van der Waals surface area contributed by atoms with Crippen molar-refractivity contribution in [1.29, 1.82) is 0 Å². The molecule has 0 aliphatic carbocycles. The van der Waals surface area contributed by atoms with Crippen LogP contribution in [0, 0.1) is 0 Å². The first kappa shape index (κ1) is 22.1. The molecule has 0 radical (unpaired) electrons. The van der Waals surface area contributed by atoms with Gasteiger partial charge in [0.25, 0.3) is 5.91 Å². The van der Waals surface area contributed by atoms with Gasteiger partial charge in [-0.2, -0.15) is 0 Å². The molecule has 4 aliphatic heterocycles. The standard InChI is InChI=1S/C27H34N4O2/c1-2-13-31-23-17-24(31)19-29(18-23)26(22-7-6-8-25(32)16-22)20-9-11-21(12-10-20)27(33)28-30-14-4-3-5-15-30/h2,6-12,16,23-24,26,32H,1,3-5,13-15,17-19H2,(H,28,33). The molecule has 0 saturated carbocycles. The predicted molar refractivity (Wildman–Crippen MR) is 130 cm³/mol. The molecule has 2 aromatic carbocycles. The number of hydrogen-bond acceptors (Lipinski definition) is 5. The van der Waals surface area contributed by atoms with Gasteiger partial charge in [-0.15, -0.1) is 6.58 Å². The summed E-state index contributed by atoms with van der Waals surface area (Å²) in [6, 6.07) is 16.7. The number of piperidine rings is 2. The van der Waals surface area contributed by atoms with Crippen molar-refractivity contribution in [3.05, 3.63) is 77.9 Å². The predicted octanol–water partition coefficient (Wildman–Crippen LogP) is 3.56. The molecule has 0 aromatic heterocycles. The van der Waals surface area contributed by atoms with Crippen LogP contribution in [0.3, 0.4) is 0 Å². The fourth-order valence-corrected chi connectivity index (χ4v) is 5.72. The fraction of sp³-hybridized carbons (Fsp3) is 0.444. The molecule has 174 valence electrons. The molecule has 6 rings (SSSR count). The van der Waals surface area contributed by atoms with Gasteiger partial charge in [0.15, 0.2) is 0 Å². The Morgan fingerprint density at radius 2 is 1.79 bits per heavy atom. The number of carbonyl (C=O) groups is 1. The summed E-state index contributed by atoms with van der Waals surface area (Å²) in [5, 5.41) is 12.2. The van der Waals surface area contributed by atoms with Gasteiger partial charge in [-0.3, -0.25) is 20.0 Å². The van der Waals surface area contributed by atoms with E-state index in [2.05, 4.69) is 40.0 Å². The first-order valence-corrected chi connectivity index (χ1v) is 12.2. The van der Waals surface area contributed by atoms with Gasteiger partial charge in [-0.05, 0) is 54.7 Å². The number of hydrazine groups is 1. The Bertz CT molecular complexity index is 974. The first-order chi connectivity index (χ1) is 16.1. The molecule has 33 heavy (non-hydrogen) atoms. The highest BCUT2D eigenvalue weighted by Gasteiger charge is 2.45. The molecule has 3 atom stereocenters. The lowest BCUT2D eigenvalue weighted by atomic mass is 9.84. The second kappa shape index (κ2) is 9.67. The van der Waals surface area contributed by atoms with E-state index in [-0.39, 0.29) is 17.7 Å². The second-order valence-electron chi connectivity index (χ2n) is 9.59. The van der Waals surface area contributed by atoms with Crippen molar-refractivity contribution in [2.45, 2.75) is 43.8 Å². The van der Waals surface area contributed by atoms with Crippen LogP contribution in [0.2, 0.25) is 0 Å². The molecule has 4 saturated heterocycles. The van der Waals surface area contributed by atoms with Crippen LogP contribution in [0.25, 0.3) is 0 Å². The molecule has 4 fully saturated rings. The van der Waals surface area contributed by atoms with Crippen LogP contribution >= 0.6 is 0 Å². The van der Waals surface area contributed by atoms with E-state index < -0.39 is 0 Å². The zero-order chi connectivity index (χ0) is 22.8. The number of nitrogens with one attached hydrogen (secondary N) is 1. The Kier molecular flexibility index (Phi) is 6.49. The third-order valence-electron chi connectivity index (χ3n) is 7.37. The van der Waals surface area contributed by atoms with Crippen molar-refractivity contribution < 1.29 is 9.90 Å². The van der Waals surface area contributed by atoms with E-state index in [9.17, 15) is 9.90 Å². The summed E-state index contributed by atoms with van der Waals surface area (Å²) in [7, 11) is 0. The van der Waals surface area contributed by atoms with E-state index in [0.29, 0.717) is 17.6 Å². The van der Waals surface area contributed by atoms with E-state index in [4.69, 9.17) is 0 Å². The largest absolute Gasteiger partial charge is 0.508 e. The summed E-state index contributed by atoms with van der Waals surface area (Å²) in [6.07, 6.45) is 6.74. The van der Waals surface area contributed by atoms with Gasteiger partial charge in [0.2, 0.25) is 0 Å². The Labute approximate surface area is 196 Å². The van der Waals surface area contributed by atoms with Crippen LogP contribution in [-0.2, 0) is 0 Å². The summed E-state index contributed by atoms with van der Waals surface area (Å²) in [5.74, 6) is 0.238.